The van der Waals surface area contributed by atoms with Crippen LogP contribution in [0.2, 0.25) is 0 Å². The lowest BCUT2D eigenvalue weighted by Gasteiger charge is -2.28. The van der Waals surface area contributed by atoms with Gasteiger partial charge in [0.2, 0.25) is 10.0 Å². The number of hydrogen-bond acceptors (Lipinski definition) is 5. The Balaban J connectivity index is 1.17. The van der Waals surface area contributed by atoms with Gasteiger partial charge >= 0.3 is 0 Å². The van der Waals surface area contributed by atoms with Crippen LogP contribution < -0.4 is 10.0 Å². The predicted molar refractivity (Wildman–Crippen MR) is 124 cm³/mol. The topological polar surface area (TPSA) is 106 Å². The molecular formula is C24H27N5O3S. The van der Waals surface area contributed by atoms with E-state index in [1.807, 2.05) is 42.5 Å². The van der Waals surface area contributed by atoms with Crippen LogP contribution in [0.25, 0.3) is 11.1 Å². The molecule has 1 aromatic heterocycles. The van der Waals surface area contributed by atoms with Gasteiger partial charge in [0.25, 0.3) is 5.91 Å². The molecule has 1 heterocycles. The minimum atomic E-state index is -3.59. The molecule has 2 aromatic carbocycles. The molecule has 172 valence electrons. The number of benzene rings is 2. The Bertz CT molecular complexity index is 1210. The Morgan fingerprint density at radius 1 is 0.848 bits per heavy atom. The third-order valence-corrected chi connectivity index (χ3v) is 7.86. The first-order chi connectivity index (χ1) is 16.0. The number of hydrogen-bond donors (Lipinski definition) is 2. The summed E-state index contributed by atoms with van der Waals surface area (Å²) >= 11 is 0. The summed E-state index contributed by atoms with van der Waals surface area (Å²) in [6.45, 7) is 0. The van der Waals surface area contributed by atoms with Gasteiger partial charge in [-0.3, -0.25) is 4.79 Å². The van der Waals surface area contributed by atoms with Gasteiger partial charge in [0.15, 0.2) is 5.69 Å². The molecule has 8 nitrogen and oxygen atoms in total. The zero-order chi connectivity index (χ0) is 22.8. The average Bonchev–Trinajstić information content (AvgIpc) is 3.51. The van der Waals surface area contributed by atoms with Gasteiger partial charge in [-0.25, -0.2) is 17.8 Å². The van der Waals surface area contributed by atoms with Crippen LogP contribution in [-0.2, 0) is 10.0 Å². The smallest absolute Gasteiger partial charge is 0.273 e. The molecule has 0 unspecified atom stereocenters. The number of nitrogens with zero attached hydrogens (tertiary/aromatic N) is 3. The molecule has 9 heteroatoms. The van der Waals surface area contributed by atoms with Crippen molar-refractivity contribution in [3.8, 4) is 11.1 Å². The van der Waals surface area contributed by atoms with Gasteiger partial charge in [-0.2, -0.15) is 0 Å². The number of aromatic nitrogens is 3. The highest BCUT2D eigenvalue weighted by Gasteiger charge is 2.29. The normalized spacial score (nSPS) is 21.0. The zero-order valence-corrected chi connectivity index (χ0v) is 19.0. The highest BCUT2D eigenvalue weighted by molar-refractivity contribution is 7.89. The largest absolute Gasteiger partial charge is 0.348 e. The fraction of sp³-hybridized carbons (Fsp3) is 0.375. The van der Waals surface area contributed by atoms with Crippen molar-refractivity contribution in [2.45, 2.75) is 61.5 Å². The molecule has 2 saturated carbocycles. The third-order valence-electron chi connectivity index (χ3n) is 6.32. The van der Waals surface area contributed by atoms with Crippen molar-refractivity contribution >= 4 is 15.9 Å². The van der Waals surface area contributed by atoms with Gasteiger partial charge in [-0.05, 0) is 61.8 Å². The first-order valence-corrected chi connectivity index (χ1v) is 12.9. The first kappa shape index (κ1) is 21.8. The Kier molecular flexibility index (Phi) is 5.99. The minimum Gasteiger partial charge on any atom is -0.348 e. The summed E-state index contributed by atoms with van der Waals surface area (Å²) < 4.78 is 30.4. The molecule has 3 aromatic rings. The highest BCUT2D eigenvalue weighted by Crippen LogP contribution is 2.29. The quantitative estimate of drug-likeness (QED) is 0.557. The van der Waals surface area contributed by atoms with Crippen molar-refractivity contribution in [1.82, 2.24) is 25.0 Å². The molecule has 0 bridgehead atoms. The molecule has 2 aliphatic carbocycles. The van der Waals surface area contributed by atoms with Gasteiger partial charge < -0.3 is 5.32 Å². The van der Waals surface area contributed by atoms with Crippen LogP contribution in [-0.4, -0.2) is 41.4 Å². The van der Waals surface area contributed by atoms with Gasteiger partial charge in [-0.1, -0.05) is 47.7 Å². The van der Waals surface area contributed by atoms with Crippen LogP contribution in [0.3, 0.4) is 0 Å². The molecule has 0 saturated heterocycles. The summed E-state index contributed by atoms with van der Waals surface area (Å²) in [6, 6.07) is 17.1. The highest BCUT2D eigenvalue weighted by atomic mass is 32.2. The van der Waals surface area contributed by atoms with E-state index in [9.17, 15) is 13.2 Å². The monoisotopic (exact) mass is 465 g/mol. The molecule has 2 fully saturated rings. The lowest BCUT2D eigenvalue weighted by molar-refractivity contribution is 0.0946. The van der Waals surface area contributed by atoms with E-state index < -0.39 is 10.0 Å². The van der Waals surface area contributed by atoms with Crippen LogP contribution in [0, 0.1) is 0 Å². The summed E-state index contributed by atoms with van der Waals surface area (Å²) in [5, 5.41) is 11.1. The molecule has 2 N–H and O–H groups in total. The fourth-order valence-electron chi connectivity index (χ4n) is 4.25. The maximum absolute atomic E-state index is 12.9. The van der Waals surface area contributed by atoms with E-state index in [1.165, 1.54) is 0 Å². The molecule has 0 spiro atoms. The summed E-state index contributed by atoms with van der Waals surface area (Å²) in [6.07, 6.45) is 6.69. The van der Waals surface area contributed by atoms with Crippen LogP contribution in [0.15, 0.2) is 65.7 Å². The number of rotatable bonds is 7. The van der Waals surface area contributed by atoms with Crippen molar-refractivity contribution in [1.29, 1.82) is 0 Å². The predicted octanol–water partition coefficient (Wildman–Crippen LogP) is 3.30. The minimum absolute atomic E-state index is 0.117. The van der Waals surface area contributed by atoms with Gasteiger partial charge in [0.05, 0.1) is 17.1 Å². The Hall–Kier alpha value is -3.04. The Labute approximate surface area is 193 Å². The van der Waals surface area contributed by atoms with Gasteiger partial charge in [0, 0.05) is 12.1 Å². The van der Waals surface area contributed by atoms with Crippen LogP contribution >= 0.6 is 0 Å². The second-order valence-corrected chi connectivity index (χ2v) is 10.6. The van der Waals surface area contributed by atoms with E-state index in [-0.39, 0.29) is 28.9 Å². The number of amides is 1. The van der Waals surface area contributed by atoms with E-state index in [1.54, 1.807) is 23.0 Å². The number of nitrogens with one attached hydrogen (secondary N) is 2. The lowest BCUT2D eigenvalue weighted by Crippen LogP contribution is -2.38. The summed E-state index contributed by atoms with van der Waals surface area (Å²) in [7, 11) is -3.59. The molecule has 1 amide bonds. The number of carbonyl (C=O) groups is 1. The summed E-state index contributed by atoms with van der Waals surface area (Å²) in [5.74, 6) is -0.177. The van der Waals surface area contributed by atoms with Crippen molar-refractivity contribution in [3.05, 3.63) is 66.5 Å². The van der Waals surface area contributed by atoms with E-state index in [2.05, 4.69) is 20.4 Å². The van der Waals surface area contributed by atoms with Gasteiger partial charge in [-0.15, -0.1) is 5.10 Å². The molecule has 2 aliphatic rings. The van der Waals surface area contributed by atoms with Crippen molar-refractivity contribution in [3.63, 3.8) is 0 Å². The average molecular weight is 466 g/mol. The van der Waals surface area contributed by atoms with Crippen LogP contribution in [0.4, 0.5) is 0 Å². The Morgan fingerprint density at radius 3 is 2.15 bits per heavy atom. The maximum Gasteiger partial charge on any atom is 0.273 e. The van der Waals surface area contributed by atoms with Crippen LogP contribution in [0.1, 0.15) is 55.1 Å². The van der Waals surface area contributed by atoms with E-state index in [0.717, 1.165) is 36.8 Å². The SMILES string of the molecule is O=C(NC1CC1)c1cn(C2CCC(NS(=O)(=O)c3ccc(-c4ccccc4)cc3)CC2)nn1. The van der Waals surface area contributed by atoms with Crippen molar-refractivity contribution < 1.29 is 13.2 Å². The molecule has 0 atom stereocenters. The third kappa shape index (κ3) is 5.15. The summed E-state index contributed by atoms with van der Waals surface area (Å²) in [4.78, 5) is 12.4. The van der Waals surface area contributed by atoms with Crippen LogP contribution in [0.5, 0.6) is 0 Å². The molecule has 0 aliphatic heterocycles. The standard InChI is InChI=1S/C24H27N5O3S/c30-24(25-19-8-9-19)23-16-29(28-26-23)21-12-10-20(11-13-21)27-33(31,32)22-14-6-18(7-15-22)17-4-2-1-3-5-17/h1-7,14-16,19-21,27H,8-13H2,(H,25,30). The fourth-order valence-corrected chi connectivity index (χ4v) is 5.55. The second kappa shape index (κ2) is 9.07. The molecular weight excluding hydrogens is 438 g/mol. The van der Waals surface area contributed by atoms with Crippen molar-refractivity contribution in [2.24, 2.45) is 0 Å². The molecule has 0 radical (unpaired) electrons. The zero-order valence-electron chi connectivity index (χ0n) is 18.2. The van der Waals surface area contributed by atoms with E-state index in [4.69, 9.17) is 0 Å². The van der Waals surface area contributed by atoms with Crippen molar-refractivity contribution in [2.75, 3.05) is 0 Å². The number of carbonyl (C=O) groups excluding carboxylic acids is 1. The summed E-state index contributed by atoms with van der Waals surface area (Å²) in [5.41, 5.74) is 2.37. The molecule has 33 heavy (non-hydrogen) atoms. The lowest BCUT2D eigenvalue weighted by atomic mass is 9.92. The van der Waals surface area contributed by atoms with E-state index in [0.29, 0.717) is 18.5 Å². The maximum atomic E-state index is 12.9. The number of sulfonamides is 1. The molecule has 5 rings (SSSR count). The first-order valence-electron chi connectivity index (χ1n) is 11.4. The van der Waals surface area contributed by atoms with Gasteiger partial charge in [0.1, 0.15) is 0 Å². The second-order valence-electron chi connectivity index (χ2n) is 8.85. The Morgan fingerprint density at radius 2 is 1.48 bits per heavy atom. The van der Waals surface area contributed by atoms with E-state index >= 15 is 0 Å².